The molecule has 1 amide bonds. The Morgan fingerprint density at radius 3 is 1.04 bits per heavy atom. The molecule has 0 aliphatic carbocycles. The lowest BCUT2D eigenvalue weighted by molar-refractivity contribution is -0.379. The Bertz CT molecular complexity index is 1930. The number of ether oxygens (including phenoxy) is 6. The summed E-state index contributed by atoms with van der Waals surface area (Å²) in [5, 5.41) is 121. The zero-order valence-corrected chi connectivity index (χ0v) is 59.9. The minimum absolute atomic E-state index is 0.235. The first-order valence-electron chi connectivity index (χ1n) is 38.9. The highest BCUT2D eigenvalue weighted by molar-refractivity contribution is 5.76. The highest BCUT2D eigenvalue weighted by atomic mass is 16.8. The van der Waals surface area contributed by atoms with Crippen LogP contribution in [0.5, 0.6) is 0 Å². The third-order valence-corrected chi connectivity index (χ3v) is 19.3. The number of allylic oxidation sites excluding steroid dienone is 7. The summed E-state index contributed by atoms with van der Waals surface area (Å²) in [6.07, 6.45) is 45.5. The highest BCUT2D eigenvalue weighted by Crippen LogP contribution is 2.33. The fourth-order valence-electron chi connectivity index (χ4n) is 13.0. The molecule has 0 spiro atoms. The van der Waals surface area contributed by atoms with Gasteiger partial charge in [-0.25, -0.2) is 0 Å². The zero-order valence-electron chi connectivity index (χ0n) is 59.9. The summed E-state index contributed by atoms with van der Waals surface area (Å²) < 4.78 is 34.4. The number of nitrogens with one attached hydrogen (secondary N) is 1. The molecule has 562 valence electrons. The number of rotatable bonds is 61. The molecule has 0 radical (unpaired) electrons. The van der Waals surface area contributed by atoms with E-state index in [0.29, 0.717) is 12.8 Å². The van der Waals surface area contributed by atoms with Gasteiger partial charge < -0.3 is 89.9 Å². The smallest absolute Gasteiger partial charge is 0.220 e. The van der Waals surface area contributed by atoms with E-state index in [2.05, 4.69) is 55.6 Å². The molecule has 3 fully saturated rings. The zero-order chi connectivity index (χ0) is 69.6. The molecule has 0 bridgehead atoms. The van der Waals surface area contributed by atoms with Crippen LogP contribution in [0.15, 0.2) is 48.6 Å². The lowest BCUT2D eigenvalue weighted by Crippen LogP contribution is -2.66. The minimum Gasteiger partial charge on any atom is -0.394 e. The van der Waals surface area contributed by atoms with Crippen LogP contribution < -0.4 is 5.32 Å². The topological polar surface area (TPSA) is 307 Å². The fraction of sp³-hybridized carbons (Fsp3) is 0.883. The van der Waals surface area contributed by atoms with Gasteiger partial charge in [0.15, 0.2) is 18.9 Å². The number of unbranched alkanes of at least 4 members (excludes halogenated alkanes) is 39. The lowest BCUT2D eigenvalue weighted by atomic mass is 9.96. The van der Waals surface area contributed by atoms with E-state index in [0.717, 1.165) is 44.9 Å². The quantitative estimate of drug-likeness (QED) is 0.0199. The van der Waals surface area contributed by atoms with Gasteiger partial charge in [0, 0.05) is 6.42 Å². The first kappa shape index (κ1) is 88.0. The number of carbonyl (C=O) groups is 1. The molecule has 3 aliphatic heterocycles. The van der Waals surface area contributed by atoms with E-state index in [1.54, 1.807) is 6.08 Å². The summed E-state index contributed by atoms with van der Waals surface area (Å²) in [4.78, 5) is 13.4. The lowest BCUT2D eigenvalue weighted by Gasteiger charge is -2.48. The SMILES string of the molecule is CCCCCCCC/C=C/CC/C=C/CC/C=C/C(O)C(COC1OC(CO)C(OC2OC(CO)C(OC3OC(CO)C(O)C(O)C3O)C(O)C2O)C(O)C1O)NC(=O)CCCCCCCCCCCCCCCCCCCCCCCCC/C=C\CCCCCCCCCC. The molecule has 0 aromatic carbocycles. The second-order valence-corrected chi connectivity index (χ2v) is 27.8. The van der Waals surface area contributed by atoms with Crippen molar-refractivity contribution in [2.24, 2.45) is 0 Å². The number of carbonyl (C=O) groups excluding carboxylic acids is 1. The van der Waals surface area contributed by atoms with Gasteiger partial charge in [-0.15, -0.1) is 0 Å². The van der Waals surface area contributed by atoms with Crippen LogP contribution in [0.25, 0.3) is 0 Å². The van der Waals surface area contributed by atoms with Crippen molar-refractivity contribution in [3.8, 4) is 0 Å². The molecule has 0 aromatic heterocycles. The van der Waals surface area contributed by atoms with Crippen LogP contribution in [0.1, 0.15) is 303 Å². The van der Waals surface area contributed by atoms with Gasteiger partial charge in [-0.3, -0.25) is 4.79 Å². The molecule has 3 rings (SSSR count). The van der Waals surface area contributed by atoms with Gasteiger partial charge in [0.1, 0.15) is 73.2 Å². The van der Waals surface area contributed by atoms with Crippen LogP contribution in [-0.2, 0) is 33.2 Å². The maximum Gasteiger partial charge on any atom is 0.220 e. The average Bonchev–Trinajstić information content (AvgIpc) is 0.787. The van der Waals surface area contributed by atoms with Crippen LogP contribution in [0.3, 0.4) is 0 Å². The molecule has 3 heterocycles. The Morgan fingerprint density at radius 1 is 0.365 bits per heavy atom. The molecular weight excluding hydrogens is 1230 g/mol. The summed E-state index contributed by atoms with van der Waals surface area (Å²) in [5.74, 6) is -0.285. The summed E-state index contributed by atoms with van der Waals surface area (Å²) in [6, 6.07) is -0.996. The summed E-state index contributed by atoms with van der Waals surface area (Å²) in [5.41, 5.74) is 0. The number of hydrogen-bond acceptors (Lipinski definition) is 18. The molecule has 0 aromatic rings. The molecule has 19 heteroatoms. The van der Waals surface area contributed by atoms with Crippen LogP contribution in [0, 0.1) is 0 Å². The van der Waals surface area contributed by atoms with Crippen LogP contribution in [-0.4, -0.2) is 193 Å². The van der Waals surface area contributed by atoms with E-state index >= 15 is 0 Å². The van der Waals surface area contributed by atoms with Gasteiger partial charge in [0.25, 0.3) is 0 Å². The van der Waals surface area contributed by atoms with Crippen LogP contribution in [0.4, 0.5) is 0 Å². The van der Waals surface area contributed by atoms with Crippen molar-refractivity contribution < 1.29 is 89.4 Å². The fourth-order valence-corrected chi connectivity index (χ4v) is 13.0. The molecule has 3 saturated heterocycles. The normalized spacial score (nSPS) is 27.3. The van der Waals surface area contributed by atoms with Gasteiger partial charge in [0.2, 0.25) is 5.91 Å². The number of amides is 1. The molecule has 17 atom stereocenters. The second-order valence-electron chi connectivity index (χ2n) is 27.8. The van der Waals surface area contributed by atoms with Crippen LogP contribution in [0.2, 0.25) is 0 Å². The first-order valence-corrected chi connectivity index (χ1v) is 38.9. The Hall–Kier alpha value is -2.25. The molecular formula is C77H141NO18. The largest absolute Gasteiger partial charge is 0.394 e. The summed E-state index contributed by atoms with van der Waals surface area (Å²) in [7, 11) is 0. The minimum atomic E-state index is -1.98. The van der Waals surface area contributed by atoms with Gasteiger partial charge in [-0.05, 0) is 70.6 Å². The molecule has 96 heavy (non-hydrogen) atoms. The third-order valence-electron chi connectivity index (χ3n) is 19.3. The Morgan fingerprint density at radius 2 is 0.667 bits per heavy atom. The van der Waals surface area contributed by atoms with E-state index in [4.69, 9.17) is 28.4 Å². The number of hydrogen-bond donors (Lipinski definition) is 12. The Balaban J connectivity index is 1.34. The van der Waals surface area contributed by atoms with E-state index in [1.807, 2.05) is 6.08 Å². The predicted octanol–water partition coefficient (Wildman–Crippen LogP) is 12.1. The van der Waals surface area contributed by atoms with E-state index < -0.39 is 124 Å². The average molecular weight is 1370 g/mol. The molecule has 19 nitrogen and oxygen atoms in total. The van der Waals surface area contributed by atoms with Gasteiger partial charge in [0.05, 0.1) is 38.6 Å². The monoisotopic (exact) mass is 1370 g/mol. The van der Waals surface area contributed by atoms with E-state index in [9.17, 15) is 61.0 Å². The predicted molar refractivity (Wildman–Crippen MR) is 379 cm³/mol. The maximum absolute atomic E-state index is 13.4. The molecule has 17 unspecified atom stereocenters. The van der Waals surface area contributed by atoms with Crippen molar-refractivity contribution in [3.63, 3.8) is 0 Å². The molecule has 3 aliphatic rings. The van der Waals surface area contributed by atoms with E-state index in [1.165, 1.54) is 225 Å². The Kier molecular flexibility index (Phi) is 53.4. The van der Waals surface area contributed by atoms with Gasteiger partial charge in [-0.2, -0.15) is 0 Å². The Labute approximate surface area is 580 Å². The standard InChI is InChI=1S/C77H141NO18/c1-3-5-7-9-11-13-15-17-19-21-22-23-24-25-26-27-28-29-30-31-32-33-34-35-36-37-38-39-41-43-45-47-49-51-53-55-65(83)78-60(61(82)54-52-50-48-46-44-42-40-20-18-16-14-12-10-8-6-4-2)59-91-75-71(89)68(86)73(63(57-80)93-75)96-77-72(90)69(87)74(64(58-81)94-77)95-76-70(88)67(85)66(84)62(56-79)92-76/h18,20-22,44,46,52,54,60-64,66-77,79-82,84-90H,3-17,19,23-43,45,47-51,53,55-59H2,1-2H3,(H,78,83)/b20-18+,22-21-,46-44+,54-52+. The summed E-state index contributed by atoms with van der Waals surface area (Å²) >= 11 is 0. The van der Waals surface area contributed by atoms with Gasteiger partial charge >= 0.3 is 0 Å². The third kappa shape index (κ3) is 38.7. The van der Waals surface area contributed by atoms with Crippen molar-refractivity contribution in [2.75, 3.05) is 26.4 Å². The van der Waals surface area contributed by atoms with Crippen molar-refractivity contribution in [2.45, 2.75) is 407 Å². The maximum atomic E-state index is 13.4. The number of aliphatic hydroxyl groups excluding tert-OH is 11. The summed E-state index contributed by atoms with van der Waals surface area (Å²) in [6.45, 7) is 1.72. The molecule has 12 N–H and O–H groups in total. The highest BCUT2D eigenvalue weighted by Gasteiger charge is 2.53. The van der Waals surface area contributed by atoms with Crippen molar-refractivity contribution in [1.29, 1.82) is 0 Å². The van der Waals surface area contributed by atoms with Crippen molar-refractivity contribution in [1.82, 2.24) is 5.32 Å². The first-order chi connectivity index (χ1) is 46.8. The molecule has 0 saturated carbocycles. The van der Waals surface area contributed by atoms with Crippen molar-refractivity contribution >= 4 is 5.91 Å². The second kappa shape index (κ2) is 58.3. The van der Waals surface area contributed by atoms with Gasteiger partial charge in [-0.1, -0.05) is 274 Å². The number of aliphatic hydroxyl groups is 11. The van der Waals surface area contributed by atoms with E-state index in [-0.39, 0.29) is 18.9 Å². The van der Waals surface area contributed by atoms with Crippen molar-refractivity contribution in [3.05, 3.63) is 48.6 Å². The van der Waals surface area contributed by atoms with Crippen LogP contribution >= 0.6 is 0 Å².